The standard InChI is InChI=1S/C13H16F3N3/c14-13(15,16)12-7-17-6-11(19-12)2-1-10-4-8-3-9(8)5-18-10/h6-10,18H,1-5H2/t8?,9-,10+/m0/s1. The molecule has 0 spiro atoms. The van der Waals surface area contributed by atoms with Crippen LogP contribution < -0.4 is 5.32 Å². The summed E-state index contributed by atoms with van der Waals surface area (Å²) in [5, 5.41) is 3.46. The van der Waals surface area contributed by atoms with Crippen LogP contribution in [0, 0.1) is 11.8 Å². The Morgan fingerprint density at radius 1 is 1.21 bits per heavy atom. The van der Waals surface area contributed by atoms with Crippen molar-refractivity contribution < 1.29 is 13.2 Å². The molecule has 3 nitrogen and oxygen atoms in total. The predicted molar refractivity (Wildman–Crippen MR) is 63.4 cm³/mol. The molecule has 1 aromatic heterocycles. The molecule has 0 amide bonds. The molecular weight excluding hydrogens is 255 g/mol. The molecule has 1 aliphatic carbocycles. The maximum atomic E-state index is 12.5. The minimum atomic E-state index is -4.41. The van der Waals surface area contributed by atoms with Gasteiger partial charge in [-0.3, -0.25) is 4.98 Å². The monoisotopic (exact) mass is 271 g/mol. The second-order valence-electron chi connectivity index (χ2n) is 5.53. The average molecular weight is 271 g/mol. The van der Waals surface area contributed by atoms with E-state index in [1.54, 1.807) is 0 Å². The number of piperidine rings is 1. The predicted octanol–water partition coefficient (Wildman–Crippen LogP) is 2.43. The Kier molecular flexibility index (Phi) is 3.20. The van der Waals surface area contributed by atoms with E-state index in [2.05, 4.69) is 15.3 Å². The maximum absolute atomic E-state index is 12.5. The molecule has 0 aromatic carbocycles. The van der Waals surface area contributed by atoms with E-state index in [4.69, 9.17) is 0 Å². The number of nitrogens with zero attached hydrogens (tertiary/aromatic N) is 2. The molecule has 1 saturated carbocycles. The zero-order chi connectivity index (χ0) is 13.5. The van der Waals surface area contributed by atoms with Gasteiger partial charge in [0.2, 0.25) is 0 Å². The zero-order valence-electron chi connectivity index (χ0n) is 10.5. The van der Waals surface area contributed by atoms with E-state index < -0.39 is 11.9 Å². The fourth-order valence-electron chi connectivity index (χ4n) is 2.82. The maximum Gasteiger partial charge on any atom is 0.434 e. The highest BCUT2D eigenvalue weighted by molar-refractivity contribution is 5.07. The summed E-state index contributed by atoms with van der Waals surface area (Å²) in [5.74, 6) is 1.70. The van der Waals surface area contributed by atoms with Crippen molar-refractivity contribution in [3.8, 4) is 0 Å². The summed E-state index contributed by atoms with van der Waals surface area (Å²) in [6, 6.07) is 0.417. The van der Waals surface area contributed by atoms with Crippen LogP contribution in [0.5, 0.6) is 0 Å². The van der Waals surface area contributed by atoms with Gasteiger partial charge in [-0.2, -0.15) is 13.2 Å². The van der Waals surface area contributed by atoms with Crippen molar-refractivity contribution in [3.05, 3.63) is 23.8 Å². The number of aromatic nitrogens is 2. The van der Waals surface area contributed by atoms with Crippen LogP contribution in [0.25, 0.3) is 0 Å². The number of fused-ring (bicyclic) bond motifs is 1. The molecule has 104 valence electrons. The van der Waals surface area contributed by atoms with E-state index >= 15 is 0 Å². The Hall–Kier alpha value is -1.17. The van der Waals surface area contributed by atoms with Crippen LogP contribution in [0.2, 0.25) is 0 Å². The minimum Gasteiger partial charge on any atom is -0.314 e. The van der Waals surface area contributed by atoms with Gasteiger partial charge in [0.15, 0.2) is 5.69 Å². The van der Waals surface area contributed by atoms with Gasteiger partial charge in [0, 0.05) is 12.2 Å². The molecule has 2 heterocycles. The molecule has 6 heteroatoms. The molecule has 1 aliphatic heterocycles. The van der Waals surface area contributed by atoms with Crippen LogP contribution in [0.3, 0.4) is 0 Å². The van der Waals surface area contributed by atoms with Gasteiger partial charge in [0.1, 0.15) is 0 Å². The number of alkyl halides is 3. The lowest BCUT2D eigenvalue weighted by molar-refractivity contribution is -0.141. The number of hydrogen-bond donors (Lipinski definition) is 1. The zero-order valence-corrected chi connectivity index (χ0v) is 10.5. The van der Waals surface area contributed by atoms with Gasteiger partial charge in [-0.05, 0) is 44.1 Å². The molecule has 1 saturated heterocycles. The lowest BCUT2D eigenvalue weighted by atomic mass is 9.99. The number of nitrogens with one attached hydrogen (secondary N) is 1. The second-order valence-corrected chi connectivity index (χ2v) is 5.53. The van der Waals surface area contributed by atoms with Crippen LogP contribution in [0.1, 0.15) is 30.7 Å². The number of hydrogen-bond acceptors (Lipinski definition) is 3. The third-order valence-corrected chi connectivity index (χ3v) is 4.05. The number of aryl methyl sites for hydroxylation is 1. The first-order valence-electron chi connectivity index (χ1n) is 6.64. The molecule has 2 aliphatic rings. The normalized spacial score (nSPS) is 29.9. The summed E-state index contributed by atoms with van der Waals surface area (Å²) in [6.07, 6.45) is 1.64. The fraction of sp³-hybridized carbons (Fsp3) is 0.692. The van der Waals surface area contributed by atoms with Gasteiger partial charge in [0.05, 0.1) is 11.9 Å². The van der Waals surface area contributed by atoms with E-state index in [0.717, 1.165) is 37.4 Å². The van der Waals surface area contributed by atoms with Gasteiger partial charge in [-0.1, -0.05) is 0 Å². The summed E-state index contributed by atoms with van der Waals surface area (Å²) >= 11 is 0. The van der Waals surface area contributed by atoms with E-state index in [1.807, 2.05) is 0 Å². The summed E-state index contributed by atoms with van der Waals surface area (Å²) in [7, 11) is 0. The molecule has 1 N–H and O–H groups in total. The molecule has 19 heavy (non-hydrogen) atoms. The van der Waals surface area contributed by atoms with Crippen molar-refractivity contribution >= 4 is 0 Å². The van der Waals surface area contributed by atoms with Crippen molar-refractivity contribution in [3.63, 3.8) is 0 Å². The van der Waals surface area contributed by atoms with E-state index in [-0.39, 0.29) is 0 Å². The van der Waals surface area contributed by atoms with Crippen molar-refractivity contribution in [2.75, 3.05) is 6.54 Å². The van der Waals surface area contributed by atoms with Gasteiger partial charge < -0.3 is 5.32 Å². The first-order valence-corrected chi connectivity index (χ1v) is 6.64. The first-order chi connectivity index (χ1) is 9.02. The Morgan fingerprint density at radius 3 is 2.79 bits per heavy atom. The Labute approximate surface area is 109 Å². The van der Waals surface area contributed by atoms with Crippen LogP contribution >= 0.6 is 0 Å². The highest BCUT2D eigenvalue weighted by Crippen LogP contribution is 2.44. The Balaban J connectivity index is 1.57. The van der Waals surface area contributed by atoms with Crippen molar-refractivity contribution in [1.29, 1.82) is 0 Å². The third-order valence-electron chi connectivity index (χ3n) is 4.05. The minimum absolute atomic E-state index is 0.417. The number of halogens is 3. The van der Waals surface area contributed by atoms with E-state index in [0.29, 0.717) is 18.2 Å². The van der Waals surface area contributed by atoms with Crippen LogP contribution in [-0.2, 0) is 12.6 Å². The lowest BCUT2D eigenvalue weighted by Gasteiger charge is -2.22. The van der Waals surface area contributed by atoms with Gasteiger partial charge in [-0.25, -0.2) is 4.98 Å². The second kappa shape index (κ2) is 4.74. The molecule has 2 fully saturated rings. The largest absolute Gasteiger partial charge is 0.434 e. The summed E-state index contributed by atoms with van der Waals surface area (Å²) < 4.78 is 37.5. The summed E-state index contributed by atoms with van der Waals surface area (Å²) in [6.45, 7) is 1.06. The molecule has 3 atom stereocenters. The van der Waals surface area contributed by atoms with E-state index in [1.165, 1.54) is 12.6 Å². The smallest absolute Gasteiger partial charge is 0.314 e. The highest BCUT2D eigenvalue weighted by Gasteiger charge is 2.41. The fourth-order valence-corrected chi connectivity index (χ4v) is 2.82. The number of rotatable bonds is 3. The summed E-state index contributed by atoms with van der Waals surface area (Å²) in [5.41, 5.74) is -0.474. The summed E-state index contributed by atoms with van der Waals surface area (Å²) in [4.78, 5) is 7.28. The quantitative estimate of drug-likeness (QED) is 0.917. The van der Waals surface area contributed by atoms with Crippen molar-refractivity contribution in [2.24, 2.45) is 11.8 Å². The van der Waals surface area contributed by atoms with Crippen LogP contribution in [0.15, 0.2) is 12.4 Å². The molecular formula is C13H16F3N3. The van der Waals surface area contributed by atoms with Gasteiger partial charge >= 0.3 is 6.18 Å². The molecule has 1 aromatic rings. The average Bonchev–Trinajstić information content (AvgIpc) is 3.14. The molecule has 3 rings (SSSR count). The van der Waals surface area contributed by atoms with Crippen LogP contribution in [-0.4, -0.2) is 22.6 Å². The Morgan fingerprint density at radius 2 is 2.05 bits per heavy atom. The first kappa shape index (κ1) is 12.8. The topological polar surface area (TPSA) is 37.8 Å². The molecule has 0 bridgehead atoms. The van der Waals surface area contributed by atoms with Crippen molar-refractivity contribution in [2.45, 2.75) is 37.9 Å². The highest BCUT2D eigenvalue weighted by atomic mass is 19.4. The van der Waals surface area contributed by atoms with E-state index in [9.17, 15) is 13.2 Å². The Bertz CT molecular complexity index is 461. The van der Waals surface area contributed by atoms with Gasteiger partial charge in [0.25, 0.3) is 0 Å². The molecule has 1 unspecified atom stereocenters. The lowest BCUT2D eigenvalue weighted by Crippen LogP contribution is -2.35. The van der Waals surface area contributed by atoms with Crippen molar-refractivity contribution in [1.82, 2.24) is 15.3 Å². The SMILES string of the molecule is FC(F)(F)c1cncc(CC[C@@H]2CC3C[C@H]3CN2)n1. The third kappa shape index (κ3) is 3.05. The molecule has 0 radical (unpaired) electrons. The van der Waals surface area contributed by atoms with Gasteiger partial charge in [-0.15, -0.1) is 0 Å². The van der Waals surface area contributed by atoms with Crippen LogP contribution in [0.4, 0.5) is 13.2 Å².